The van der Waals surface area contributed by atoms with Crippen LogP contribution in [0.4, 0.5) is 0 Å². The van der Waals surface area contributed by atoms with E-state index in [-0.39, 0.29) is 0 Å². The van der Waals surface area contributed by atoms with Crippen molar-refractivity contribution >= 4 is 0 Å². The minimum atomic E-state index is -0.854. The van der Waals surface area contributed by atoms with E-state index in [1.807, 2.05) is 24.3 Å². The van der Waals surface area contributed by atoms with Gasteiger partial charge in [0.1, 0.15) is 0 Å². The van der Waals surface area contributed by atoms with E-state index < -0.39 is 5.60 Å². The first-order valence-electron chi connectivity index (χ1n) is 5.63. The lowest BCUT2D eigenvalue weighted by Gasteiger charge is -2.21. The van der Waals surface area contributed by atoms with Gasteiger partial charge in [0, 0.05) is 30.7 Å². The van der Waals surface area contributed by atoms with Crippen molar-refractivity contribution in [3.8, 4) is 0 Å². The third-order valence-corrected chi connectivity index (χ3v) is 2.66. The van der Waals surface area contributed by atoms with Gasteiger partial charge in [-0.15, -0.1) is 0 Å². The molecule has 3 heteroatoms. The molecule has 1 N–H and O–H groups in total. The fraction of sp³-hybridized carbons (Fsp3) is 0.286. The average molecular weight is 228 g/mol. The minimum absolute atomic E-state index is 0.688. The summed E-state index contributed by atoms with van der Waals surface area (Å²) in [4.78, 5) is 8.40. The maximum Gasteiger partial charge on any atom is 0.0844 e. The molecule has 0 amide bonds. The predicted octanol–water partition coefficient (Wildman–Crippen LogP) is 2.29. The second-order valence-electron chi connectivity index (χ2n) is 4.59. The van der Waals surface area contributed by atoms with Crippen LogP contribution in [0.25, 0.3) is 0 Å². The quantitative estimate of drug-likeness (QED) is 0.876. The van der Waals surface area contributed by atoms with Crippen LogP contribution >= 0.6 is 0 Å². The first-order valence-corrected chi connectivity index (χ1v) is 5.63. The molecule has 0 aliphatic heterocycles. The molecule has 2 aromatic rings. The summed E-state index contributed by atoms with van der Waals surface area (Å²) < 4.78 is 0. The van der Waals surface area contributed by atoms with Crippen molar-refractivity contribution in [2.24, 2.45) is 0 Å². The Hall–Kier alpha value is -1.74. The molecule has 2 heterocycles. The fourth-order valence-electron chi connectivity index (χ4n) is 1.86. The van der Waals surface area contributed by atoms with Gasteiger partial charge in [0.25, 0.3) is 0 Å². The third kappa shape index (κ3) is 2.88. The molecule has 0 atom stereocenters. The zero-order valence-corrected chi connectivity index (χ0v) is 10.1. The van der Waals surface area contributed by atoms with Crippen molar-refractivity contribution in [2.45, 2.75) is 25.9 Å². The number of nitrogens with zero attached hydrogens (tertiary/aromatic N) is 2. The second kappa shape index (κ2) is 4.63. The Balaban J connectivity index is 2.34. The molecule has 2 aromatic heterocycles. The van der Waals surface area contributed by atoms with Crippen LogP contribution < -0.4 is 0 Å². The molecule has 0 aromatic carbocycles. The summed E-state index contributed by atoms with van der Waals surface area (Å²) >= 11 is 0. The van der Waals surface area contributed by atoms with Crippen LogP contribution in [-0.2, 0) is 12.0 Å². The van der Waals surface area contributed by atoms with Gasteiger partial charge in [-0.25, -0.2) is 0 Å². The lowest BCUT2D eigenvalue weighted by atomic mass is 9.93. The Morgan fingerprint density at radius 1 is 1.18 bits per heavy atom. The van der Waals surface area contributed by atoms with E-state index in [9.17, 15) is 5.11 Å². The summed E-state index contributed by atoms with van der Waals surface area (Å²) in [6.45, 7) is 3.56. The number of aliphatic hydroxyl groups is 1. The molecule has 0 unspecified atom stereocenters. The molecule has 0 aliphatic carbocycles. The van der Waals surface area contributed by atoms with E-state index in [1.54, 1.807) is 32.4 Å². The van der Waals surface area contributed by atoms with Crippen LogP contribution in [0.5, 0.6) is 0 Å². The molecular formula is C14H16N2O. The van der Waals surface area contributed by atoms with E-state index in [2.05, 4.69) is 9.97 Å². The van der Waals surface area contributed by atoms with Crippen LogP contribution in [0, 0.1) is 0 Å². The lowest BCUT2D eigenvalue weighted by Crippen LogP contribution is -2.18. The zero-order chi connectivity index (χ0) is 12.3. The van der Waals surface area contributed by atoms with Crippen LogP contribution in [-0.4, -0.2) is 15.1 Å². The highest BCUT2D eigenvalue weighted by atomic mass is 16.3. The molecule has 0 spiro atoms. The van der Waals surface area contributed by atoms with E-state index in [4.69, 9.17) is 0 Å². The predicted molar refractivity (Wildman–Crippen MR) is 66.5 cm³/mol. The zero-order valence-electron chi connectivity index (χ0n) is 10.1. The molecule has 88 valence electrons. The maximum absolute atomic E-state index is 10.1. The molecule has 0 bridgehead atoms. The second-order valence-corrected chi connectivity index (χ2v) is 4.59. The molecule has 17 heavy (non-hydrogen) atoms. The van der Waals surface area contributed by atoms with Crippen LogP contribution in [0.15, 0.2) is 42.9 Å². The van der Waals surface area contributed by atoms with Gasteiger partial charge in [0.15, 0.2) is 0 Å². The molecule has 2 rings (SSSR count). The van der Waals surface area contributed by atoms with Gasteiger partial charge in [-0.1, -0.05) is 6.07 Å². The van der Waals surface area contributed by atoms with E-state index in [0.29, 0.717) is 6.42 Å². The van der Waals surface area contributed by atoms with Gasteiger partial charge >= 0.3 is 0 Å². The Kier molecular flexibility index (Phi) is 3.20. The highest BCUT2D eigenvalue weighted by molar-refractivity contribution is 5.31. The topological polar surface area (TPSA) is 46.0 Å². The molecule has 0 aliphatic rings. The van der Waals surface area contributed by atoms with E-state index in [0.717, 1.165) is 16.8 Å². The first-order chi connectivity index (χ1) is 8.07. The first kappa shape index (κ1) is 11.7. The molecule has 0 saturated carbocycles. The van der Waals surface area contributed by atoms with Gasteiger partial charge < -0.3 is 5.11 Å². The summed E-state index contributed by atoms with van der Waals surface area (Å²) in [6.07, 6.45) is 5.96. The highest BCUT2D eigenvalue weighted by Gasteiger charge is 2.19. The fourth-order valence-corrected chi connectivity index (χ4v) is 1.86. The van der Waals surface area contributed by atoms with Gasteiger partial charge in [-0.2, -0.15) is 0 Å². The SMILES string of the molecule is CC(C)(O)c1ccncc1Cc1ccccn1. The minimum Gasteiger partial charge on any atom is -0.386 e. The smallest absolute Gasteiger partial charge is 0.0844 e. The monoisotopic (exact) mass is 228 g/mol. The van der Waals surface area contributed by atoms with Crippen molar-refractivity contribution in [3.63, 3.8) is 0 Å². The molecule has 0 saturated heterocycles. The van der Waals surface area contributed by atoms with E-state index in [1.165, 1.54) is 0 Å². The molecule has 0 fully saturated rings. The Morgan fingerprint density at radius 3 is 2.65 bits per heavy atom. The normalized spacial score (nSPS) is 11.5. The van der Waals surface area contributed by atoms with Crippen molar-refractivity contribution in [1.82, 2.24) is 9.97 Å². The standard InChI is InChI=1S/C14H16N2O/c1-14(2,17)13-6-8-15-10-11(13)9-12-5-3-4-7-16-12/h3-8,10,17H,9H2,1-2H3. The number of hydrogen-bond acceptors (Lipinski definition) is 3. The van der Waals surface area contributed by atoms with Crippen LogP contribution in [0.3, 0.4) is 0 Å². The number of hydrogen-bond donors (Lipinski definition) is 1. The Morgan fingerprint density at radius 2 is 2.00 bits per heavy atom. The summed E-state index contributed by atoms with van der Waals surface area (Å²) in [5.74, 6) is 0. The summed E-state index contributed by atoms with van der Waals surface area (Å²) in [7, 11) is 0. The van der Waals surface area contributed by atoms with Crippen molar-refractivity contribution < 1.29 is 5.11 Å². The van der Waals surface area contributed by atoms with E-state index >= 15 is 0 Å². The number of pyridine rings is 2. The number of rotatable bonds is 3. The lowest BCUT2D eigenvalue weighted by molar-refractivity contribution is 0.0776. The molecule has 3 nitrogen and oxygen atoms in total. The maximum atomic E-state index is 10.1. The summed E-state index contributed by atoms with van der Waals surface area (Å²) in [5.41, 5.74) is 2.04. The van der Waals surface area contributed by atoms with Gasteiger partial charge in [-0.3, -0.25) is 9.97 Å². The van der Waals surface area contributed by atoms with Crippen molar-refractivity contribution in [2.75, 3.05) is 0 Å². The van der Waals surface area contributed by atoms with Crippen LogP contribution in [0.1, 0.15) is 30.7 Å². The van der Waals surface area contributed by atoms with Gasteiger partial charge in [0.05, 0.1) is 5.60 Å². The highest BCUT2D eigenvalue weighted by Crippen LogP contribution is 2.24. The summed E-state index contributed by atoms with van der Waals surface area (Å²) in [5, 5.41) is 10.1. The van der Waals surface area contributed by atoms with Gasteiger partial charge in [-0.05, 0) is 43.2 Å². The van der Waals surface area contributed by atoms with Crippen molar-refractivity contribution in [1.29, 1.82) is 0 Å². The molecular weight excluding hydrogens is 212 g/mol. The van der Waals surface area contributed by atoms with Gasteiger partial charge in [0.2, 0.25) is 0 Å². The largest absolute Gasteiger partial charge is 0.386 e. The summed E-state index contributed by atoms with van der Waals surface area (Å²) in [6, 6.07) is 7.69. The van der Waals surface area contributed by atoms with Crippen molar-refractivity contribution in [3.05, 3.63) is 59.7 Å². The van der Waals surface area contributed by atoms with Crippen LogP contribution in [0.2, 0.25) is 0 Å². The molecule has 0 radical (unpaired) electrons. The Labute approximate surface area is 101 Å². The Bertz CT molecular complexity index is 489. The number of aromatic nitrogens is 2. The average Bonchev–Trinajstić information content (AvgIpc) is 2.30. The third-order valence-electron chi connectivity index (χ3n) is 2.66.